The molecular formula is C18H19N3O2S. The summed E-state index contributed by atoms with van der Waals surface area (Å²) in [6.45, 7) is 4.44. The minimum absolute atomic E-state index is 0.0583. The molecule has 0 saturated carbocycles. The lowest BCUT2D eigenvalue weighted by atomic mass is 10.1. The van der Waals surface area contributed by atoms with Crippen LogP contribution in [0.5, 0.6) is 0 Å². The van der Waals surface area contributed by atoms with E-state index in [1.54, 1.807) is 16.8 Å². The van der Waals surface area contributed by atoms with Crippen molar-refractivity contribution in [2.75, 3.05) is 6.54 Å². The molecule has 1 N–H and O–H groups in total. The fourth-order valence-corrected chi connectivity index (χ4v) is 2.91. The van der Waals surface area contributed by atoms with Crippen molar-refractivity contribution in [2.24, 2.45) is 0 Å². The van der Waals surface area contributed by atoms with Crippen molar-refractivity contribution < 1.29 is 9.21 Å². The smallest absolute Gasteiger partial charge is 0.226 e. The van der Waals surface area contributed by atoms with Gasteiger partial charge in [0, 0.05) is 23.9 Å². The number of thiazole rings is 1. The highest BCUT2D eigenvalue weighted by molar-refractivity contribution is 7.07. The Bertz CT molecular complexity index is 807. The number of amides is 1. The van der Waals surface area contributed by atoms with Crippen molar-refractivity contribution in [1.29, 1.82) is 0 Å². The predicted octanol–water partition coefficient (Wildman–Crippen LogP) is 3.32. The number of rotatable bonds is 6. The minimum Gasteiger partial charge on any atom is -0.441 e. The highest BCUT2D eigenvalue weighted by atomic mass is 32.1. The summed E-state index contributed by atoms with van der Waals surface area (Å²) in [5.74, 6) is 1.18. The lowest BCUT2D eigenvalue weighted by molar-refractivity contribution is -0.120. The van der Waals surface area contributed by atoms with Crippen molar-refractivity contribution in [3.05, 3.63) is 57.9 Å². The van der Waals surface area contributed by atoms with Crippen molar-refractivity contribution in [2.45, 2.75) is 26.7 Å². The molecule has 0 atom stereocenters. The summed E-state index contributed by atoms with van der Waals surface area (Å²) in [4.78, 5) is 20.7. The Morgan fingerprint density at radius 1 is 1.25 bits per heavy atom. The number of oxazole rings is 1. The average molecular weight is 341 g/mol. The molecule has 1 amide bonds. The van der Waals surface area contributed by atoms with Gasteiger partial charge in [-0.1, -0.05) is 17.7 Å². The van der Waals surface area contributed by atoms with Crippen LogP contribution >= 0.6 is 11.3 Å². The topological polar surface area (TPSA) is 68.0 Å². The summed E-state index contributed by atoms with van der Waals surface area (Å²) < 4.78 is 5.71. The normalized spacial score (nSPS) is 10.8. The van der Waals surface area contributed by atoms with Crippen LogP contribution in [0, 0.1) is 13.8 Å². The molecule has 0 aliphatic heterocycles. The van der Waals surface area contributed by atoms with E-state index in [4.69, 9.17) is 4.42 Å². The lowest BCUT2D eigenvalue weighted by Crippen LogP contribution is -2.27. The molecule has 2 heterocycles. The number of hydrogen-bond donors (Lipinski definition) is 1. The maximum atomic E-state index is 12.1. The first-order valence-corrected chi connectivity index (χ1v) is 8.73. The van der Waals surface area contributed by atoms with Gasteiger partial charge in [-0.05, 0) is 26.0 Å². The van der Waals surface area contributed by atoms with Gasteiger partial charge in [0.2, 0.25) is 11.8 Å². The van der Waals surface area contributed by atoms with Gasteiger partial charge in [-0.3, -0.25) is 4.79 Å². The molecule has 124 valence electrons. The third-order valence-electron chi connectivity index (χ3n) is 3.71. The maximum Gasteiger partial charge on any atom is 0.226 e. The third kappa shape index (κ3) is 4.08. The van der Waals surface area contributed by atoms with Crippen molar-refractivity contribution in [1.82, 2.24) is 15.3 Å². The first-order chi connectivity index (χ1) is 11.6. The van der Waals surface area contributed by atoms with Crippen molar-refractivity contribution in [3.63, 3.8) is 0 Å². The number of nitrogens with one attached hydrogen (secondary N) is 1. The van der Waals surface area contributed by atoms with E-state index in [2.05, 4.69) is 15.3 Å². The molecule has 24 heavy (non-hydrogen) atoms. The molecule has 0 aliphatic carbocycles. The Balaban J connectivity index is 1.58. The second kappa shape index (κ2) is 7.40. The van der Waals surface area contributed by atoms with Crippen molar-refractivity contribution in [3.8, 4) is 11.5 Å². The standard InChI is InChI=1S/C18H19N3O2S/c1-12-3-5-14(6-4-12)18-21-16(13(2)23-18)9-17(22)19-8-7-15-10-24-11-20-15/h3-6,10-11H,7-9H2,1-2H3,(H,19,22). The molecule has 6 heteroatoms. The molecule has 0 fully saturated rings. The van der Waals surface area contributed by atoms with Gasteiger partial charge in [0.15, 0.2) is 0 Å². The Labute approximate surface area is 144 Å². The Kier molecular flexibility index (Phi) is 5.05. The summed E-state index contributed by atoms with van der Waals surface area (Å²) in [6, 6.07) is 7.97. The van der Waals surface area contributed by atoms with E-state index in [1.807, 2.05) is 43.5 Å². The molecule has 0 radical (unpaired) electrons. The van der Waals surface area contributed by atoms with Gasteiger partial charge in [0.05, 0.1) is 23.3 Å². The summed E-state index contributed by atoms with van der Waals surface area (Å²) in [5.41, 5.74) is 5.57. The van der Waals surface area contributed by atoms with Gasteiger partial charge in [-0.25, -0.2) is 9.97 Å². The van der Waals surface area contributed by atoms with Gasteiger partial charge in [-0.15, -0.1) is 11.3 Å². The van der Waals surface area contributed by atoms with E-state index in [-0.39, 0.29) is 12.3 Å². The molecular weight excluding hydrogens is 322 g/mol. The fraction of sp³-hybridized carbons (Fsp3) is 0.278. The Morgan fingerprint density at radius 2 is 2.04 bits per heavy atom. The highest BCUT2D eigenvalue weighted by Crippen LogP contribution is 2.22. The van der Waals surface area contributed by atoms with E-state index in [0.29, 0.717) is 23.9 Å². The highest BCUT2D eigenvalue weighted by Gasteiger charge is 2.14. The summed E-state index contributed by atoms with van der Waals surface area (Å²) in [5, 5.41) is 4.89. The lowest BCUT2D eigenvalue weighted by Gasteiger charge is -2.02. The number of nitrogens with zero attached hydrogens (tertiary/aromatic N) is 2. The fourth-order valence-electron chi connectivity index (χ4n) is 2.32. The van der Waals surface area contributed by atoms with Crippen LogP contribution < -0.4 is 5.32 Å². The second-order valence-electron chi connectivity index (χ2n) is 5.64. The third-order valence-corrected chi connectivity index (χ3v) is 4.34. The van der Waals surface area contributed by atoms with Crippen LogP contribution in [0.4, 0.5) is 0 Å². The molecule has 2 aromatic heterocycles. The van der Waals surface area contributed by atoms with Crippen LogP contribution in [0.25, 0.3) is 11.5 Å². The maximum absolute atomic E-state index is 12.1. The first kappa shape index (κ1) is 16.4. The van der Waals surface area contributed by atoms with Gasteiger partial charge in [0.1, 0.15) is 5.76 Å². The molecule has 0 unspecified atom stereocenters. The Hall–Kier alpha value is -2.47. The van der Waals surface area contributed by atoms with Crippen LogP contribution in [0.15, 0.2) is 39.6 Å². The zero-order chi connectivity index (χ0) is 16.9. The van der Waals surface area contributed by atoms with Gasteiger partial charge >= 0.3 is 0 Å². The van der Waals surface area contributed by atoms with Crippen LogP contribution in [0.2, 0.25) is 0 Å². The molecule has 3 aromatic rings. The SMILES string of the molecule is Cc1ccc(-c2nc(CC(=O)NCCc3cscn3)c(C)o2)cc1. The van der Waals surface area contributed by atoms with E-state index < -0.39 is 0 Å². The van der Waals surface area contributed by atoms with Gasteiger partial charge in [0.25, 0.3) is 0 Å². The minimum atomic E-state index is -0.0583. The van der Waals surface area contributed by atoms with E-state index in [1.165, 1.54) is 5.56 Å². The largest absolute Gasteiger partial charge is 0.441 e. The number of aryl methyl sites for hydroxylation is 2. The monoisotopic (exact) mass is 341 g/mol. The molecule has 0 bridgehead atoms. The summed E-state index contributed by atoms with van der Waals surface area (Å²) >= 11 is 1.56. The molecule has 5 nitrogen and oxygen atoms in total. The number of carbonyl (C=O) groups is 1. The van der Waals surface area contributed by atoms with Crippen molar-refractivity contribution >= 4 is 17.2 Å². The second-order valence-corrected chi connectivity index (χ2v) is 6.36. The van der Waals surface area contributed by atoms with Crippen LogP contribution in [-0.2, 0) is 17.6 Å². The molecule has 0 saturated heterocycles. The first-order valence-electron chi connectivity index (χ1n) is 7.79. The van der Waals surface area contributed by atoms with Gasteiger partial charge in [-0.2, -0.15) is 0 Å². The number of carbonyl (C=O) groups excluding carboxylic acids is 1. The average Bonchev–Trinajstić information content (AvgIpc) is 3.19. The van der Waals surface area contributed by atoms with Crippen LogP contribution in [0.3, 0.4) is 0 Å². The summed E-state index contributed by atoms with van der Waals surface area (Å²) in [7, 11) is 0. The van der Waals surface area contributed by atoms with Gasteiger partial charge < -0.3 is 9.73 Å². The number of hydrogen-bond acceptors (Lipinski definition) is 5. The molecule has 3 rings (SSSR count). The van der Waals surface area contributed by atoms with E-state index in [9.17, 15) is 4.79 Å². The summed E-state index contributed by atoms with van der Waals surface area (Å²) in [6.07, 6.45) is 0.958. The zero-order valence-electron chi connectivity index (χ0n) is 13.7. The van der Waals surface area contributed by atoms with E-state index >= 15 is 0 Å². The zero-order valence-corrected chi connectivity index (χ0v) is 14.5. The molecule has 0 aliphatic rings. The number of benzene rings is 1. The van der Waals surface area contributed by atoms with Crippen LogP contribution in [0.1, 0.15) is 22.7 Å². The quantitative estimate of drug-likeness (QED) is 0.747. The Morgan fingerprint density at radius 3 is 2.75 bits per heavy atom. The molecule has 0 spiro atoms. The predicted molar refractivity (Wildman–Crippen MR) is 93.9 cm³/mol. The molecule has 1 aromatic carbocycles. The van der Waals surface area contributed by atoms with E-state index in [0.717, 1.165) is 17.7 Å². The van der Waals surface area contributed by atoms with Crippen LogP contribution in [-0.4, -0.2) is 22.4 Å². The number of aromatic nitrogens is 2.